The van der Waals surface area contributed by atoms with Gasteiger partial charge in [-0.25, -0.2) is 4.98 Å². The Bertz CT molecular complexity index is 870. The second-order valence-corrected chi connectivity index (χ2v) is 6.22. The van der Waals surface area contributed by atoms with Gasteiger partial charge in [-0.05, 0) is 52.5 Å². The highest BCUT2D eigenvalue weighted by Gasteiger charge is 2.19. The van der Waals surface area contributed by atoms with Crippen molar-refractivity contribution in [2.45, 2.75) is 26.7 Å². The zero-order valence-corrected chi connectivity index (χ0v) is 14.7. The summed E-state index contributed by atoms with van der Waals surface area (Å²) in [6.45, 7) is 4.08. The molecule has 0 saturated heterocycles. The first-order chi connectivity index (χ1) is 11.1. The van der Waals surface area contributed by atoms with Gasteiger partial charge < -0.3 is 5.32 Å². The molecule has 0 fully saturated rings. The van der Waals surface area contributed by atoms with Crippen molar-refractivity contribution in [2.24, 2.45) is 0 Å². The number of hydrogen-bond donors (Lipinski definition) is 1. The average Bonchev–Trinajstić information content (AvgIpc) is 2.93. The number of rotatable bonds is 4. The first-order valence-corrected chi connectivity index (χ1v) is 8.49. The fourth-order valence-corrected chi connectivity index (χ4v) is 3.02. The molecular weight excluding hydrogens is 354 g/mol. The lowest BCUT2D eigenvalue weighted by Crippen LogP contribution is -2.17. The third-order valence-corrected chi connectivity index (χ3v) is 4.32. The molecule has 0 radical (unpaired) electrons. The molecule has 1 aromatic carbocycles. The van der Waals surface area contributed by atoms with E-state index in [4.69, 9.17) is 0 Å². The molecular formula is C18H18BrN3O. The minimum Gasteiger partial charge on any atom is -0.320 e. The van der Waals surface area contributed by atoms with Crippen LogP contribution in [0.1, 0.15) is 35.6 Å². The SMILES string of the molecule is CCc1ccccc1NC(=O)c1c(CC)nc2ccc(Br)cn12. The van der Waals surface area contributed by atoms with Gasteiger partial charge in [0.15, 0.2) is 0 Å². The number of nitrogens with zero attached hydrogens (tertiary/aromatic N) is 2. The maximum Gasteiger partial charge on any atom is 0.274 e. The summed E-state index contributed by atoms with van der Waals surface area (Å²) in [7, 11) is 0. The summed E-state index contributed by atoms with van der Waals surface area (Å²) in [6, 6.07) is 11.7. The van der Waals surface area contributed by atoms with Crippen LogP contribution in [0.2, 0.25) is 0 Å². The van der Waals surface area contributed by atoms with Crippen molar-refractivity contribution in [3.63, 3.8) is 0 Å². The van der Waals surface area contributed by atoms with Crippen LogP contribution < -0.4 is 5.32 Å². The summed E-state index contributed by atoms with van der Waals surface area (Å²) in [6.07, 6.45) is 3.45. The highest BCUT2D eigenvalue weighted by Crippen LogP contribution is 2.21. The van der Waals surface area contributed by atoms with E-state index < -0.39 is 0 Å². The van der Waals surface area contributed by atoms with Gasteiger partial charge in [-0.15, -0.1) is 0 Å². The Labute approximate surface area is 143 Å². The number of nitrogens with one attached hydrogen (secondary N) is 1. The van der Waals surface area contributed by atoms with Crippen molar-refractivity contribution < 1.29 is 4.79 Å². The first kappa shape index (κ1) is 15.7. The maximum absolute atomic E-state index is 12.9. The maximum atomic E-state index is 12.9. The Morgan fingerprint density at radius 1 is 1.17 bits per heavy atom. The molecule has 0 atom stereocenters. The normalized spacial score (nSPS) is 10.9. The fraction of sp³-hybridized carbons (Fsp3) is 0.222. The topological polar surface area (TPSA) is 46.4 Å². The molecule has 1 N–H and O–H groups in total. The van der Waals surface area contributed by atoms with E-state index >= 15 is 0 Å². The monoisotopic (exact) mass is 371 g/mol. The van der Waals surface area contributed by atoms with Crippen LogP contribution in [-0.4, -0.2) is 15.3 Å². The minimum absolute atomic E-state index is 0.131. The zero-order chi connectivity index (χ0) is 16.4. The number of aromatic nitrogens is 2. The quantitative estimate of drug-likeness (QED) is 0.734. The van der Waals surface area contributed by atoms with E-state index in [1.165, 1.54) is 0 Å². The lowest BCUT2D eigenvalue weighted by atomic mass is 10.1. The summed E-state index contributed by atoms with van der Waals surface area (Å²) in [5.41, 5.74) is 4.14. The Morgan fingerprint density at radius 2 is 1.96 bits per heavy atom. The van der Waals surface area contributed by atoms with Gasteiger partial charge in [-0.1, -0.05) is 32.0 Å². The summed E-state index contributed by atoms with van der Waals surface area (Å²) >= 11 is 3.46. The van der Waals surface area contributed by atoms with Gasteiger partial charge in [-0.2, -0.15) is 0 Å². The number of halogens is 1. The number of imidazole rings is 1. The highest BCUT2D eigenvalue weighted by molar-refractivity contribution is 9.10. The molecule has 2 heterocycles. The van der Waals surface area contributed by atoms with Crippen LogP contribution in [0.4, 0.5) is 5.69 Å². The molecule has 0 aliphatic heterocycles. The second kappa shape index (κ2) is 6.54. The standard InChI is InChI=1S/C18H18BrN3O/c1-3-12-7-5-6-8-15(12)21-18(23)17-14(4-2)20-16-10-9-13(19)11-22(16)17/h5-11H,3-4H2,1-2H3,(H,21,23). The molecule has 0 aliphatic carbocycles. The second-order valence-electron chi connectivity index (χ2n) is 5.30. The highest BCUT2D eigenvalue weighted by atomic mass is 79.9. The molecule has 5 heteroatoms. The number of fused-ring (bicyclic) bond motifs is 1. The van der Waals surface area contributed by atoms with Crippen molar-refractivity contribution >= 4 is 33.2 Å². The molecule has 3 aromatic rings. The molecule has 2 aromatic heterocycles. The zero-order valence-electron chi connectivity index (χ0n) is 13.1. The van der Waals surface area contributed by atoms with Gasteiger partial charge in [-0.3, -0.25) is 9.20 Å². The Morgan fingerprint density at radius 3 is 2.70 bits per heavy atom. The van der Waals surface area contributed by atoms with Crippen molar-refractivity contribution in [3.8, 4) is 0 Å². The molecule has 4 nitrogen and oxygen atoms in total. The number of amides is 1. The number of pyridine rings is 1. The fourth-order valence-electron chi connectivity index (χ4n) is 2.69. The number of hydrogen-bond acceptors (Lipinski definition) is 2. The van der Waals surface area contributed by atoms with E-state index in [1.54, 1.807) is 0 Å². The Hall–Kier alpha value is -2.14. The van der Waals surface area contributed by atoms with Crippen molar-refractivity contribution in [2.75, 3.05) is 5.32 Å². The average molecular weight is 372 g/mol. The Kier molecular flexibility index (Phi) is 4.48. The van der Waals surface area contributed by atoms with Gasteiger partial charge in [0.25, 0.3) is 5.91 Å². The van der Waals surface area contributed by atoms with Gasteiger partial charge in [0.2, 0.25) is 0 Å². The van der Waals surface area contributed by atoms with Crippen LogP contribution in [0, 0.1) is 0 Å². The molecule has 0 aliphatic rings. The lowest BCUT2D eigenvalue weighted by molar-refractivity contribution is 0.102. The number of carbonyl (C=O) groups is 1. The Balaban J connectivity index is 2.05. The summed E-state index contributed by atoms with van der Waals surface area (Å²) in [5.74, 6) is -0.131. The number of benzene rings is 1. The van der Waals surface area contributed by atoms with Gasteiger partial charge in [0.05, 0.1) is 5.69 Å². The summed E-state index contributed by atoms with van der Waals surface area (Å²) < 4.78 is 2.75. The van der Waals surface area contributed by atoms with E-state index in [-0.39, 0.29) is 5.91 Å². The molecule has 0 unspecified atom stereocenters. The number of para-hydroxylation sites is 1. The van der Waals surface area contributed by atoms with E-state index in [0.717, 1.165) is 33.5 Å². The van der Waals surface area contributed by atoms with Gasteiger partial charge in [0.1, 0.15) is 11.3 Å². The van der Waals surface area contributed by atoms with E-state index in [1.807, 2.05) is 53.9 Å². The van der Waals surface area contributed by atoms with Gasteiger partial charge >= 0.3 is 0 Å². The van der Waals surface area contributed by atoms with E-state index in [2.05, 4.69) is 33.2 Å². The van der Waals surface area contributed by atoms with Crippen LogP contribution >= 0.6 is 15.9 Å². The number of anilines is 1. The van der Waals surface area contributed by atoms with E-state index in [9.17, 15) is 4.79 Å². The molecule has 118 valence electrons. The van der Waals surface area contributed by atoms with Crippen LogP contribution in [0.15, 0.2) is 47.1 Å². The molecule has 3 rings (SSSR count). The third kappa shape index (κ3) is 3.01. The molecule has 1 amide bonds. The van der Waals surface area contributed by atoms with Crippen LogP contribution in [0.25, 0.3) is 5.65 Å². The predicted molar refractivity (Wildman–Crippen MR) is 96.0 cm³/mol. The predicted octanol–water partition coefficient (Wildman–Crippen LogP) is 4.47. The third-order valence-electron chi connectivity index (χ3n) is 3.85. The largest absolute Gasteiger partial charge is 0.320 e. The molecule has 0 bridgehead atoms. The smallest absolute Gasteiger partial charge is 0.274 e. The minimum atomic E-state index is -0.131. The van der Waals surface area contributed by atoms with Crippen LogP contribution in [0.3, 0.4) is 0 Å². The van der Waals surface area contributed by atoms with Crippen LogP contribution in [0.5, 0.6) is 0 Å². The number of aryl methyl sites for hydroxylation is 2. The molecule has 0 spiro atoms. The van der Waals surface area contributed by atoms with Crippen molar-refractivity contribution in [1.82, 2.24) is 9.38 Å². The van der Waals surface area contributed by atoms with Gasteiger partial charge in [0, 0.05) is 16.4 Å². The van der Waals surface area contributed by atoms with E-state index in [0.29, 0.717) is 12.1 Å². The van der Waals surface area contributed by atoms with Crippen LogP contribution in [-0.2, 0) is 12.8 Å². The van der Waals surface area contributed by atoms with Crippen molar-refractivity contribution in [1.29, 1.82) is 0 Å². The summed E-state index contributed by atoms with van der Waals surface area (Å²) in [4.78, 5) is 17.4. The van der Waals surface area contributed by atoms with Crippen molar-refractivity contribution in [3.05, 3.63) is 64.0 Å². The first-order valence-electron chi connectivity index (χ1n) is 7.69. The summed E-state index contributed by atoms with van der Waals surface area (Å²) in [5, 5.41) is 3.04. The number of carbonyl (C=O) groups excluding carboxylic acids is 1. The molecule has 0 saturated carbocycles. The molecule has 23 heavy (non-hydrogen) atoms. The lowest BCUT2D eigenvalue weighted by Gasteiger charge is -2.10.